The Morgan fingerprint density at radius 3 is 2.49 bits per heavy atom. The van der Waals surface area contributed by atoms with Crippen LogP contribution in [0.1, 0.15) is 57.7 Å². The molecular formula is C29H31N3O6S. The van der Waals surface area contributed by atoms with Crippen molar-refractivity contribution in [1.82, 2.24) is 4.57 Å². The molecule has 1 aromatic heterocycles. The maximum Gasteiger partial charge on any atom is 0.338 e. The zero-order chi connectivity index (χ0) is 28.1. The summed E-state index contributed by atoms with van der Waals surface area (Å²) in [6, 6.07) is 12.6. The lowest BCUT2D eigenvalue weighted by atomic mass is 9.96. The number of carbonyl (C=O) groups is 1. The molecule has 1 aliphatic heterocycles. The lowest BCUT2D eigenvalue weighted by Crippen LogP contribution is -2.40. The van der Waals surface area contributed by atoms with Crippen LogP contribution >= 0.6 is 11.3 Å². The second-order valence-electron chi connectivity index (χ2n) is 9.69. The van der Waals surface area contributed by atoms with E-state index in [2.05, 4.69) is 11.9 Å². The summed E-state index contributed by atoms with van der Waals surface area (Å²) in [6.07, 6.45) is 3.64. The Bertz CT molecular complexity index is 1570. The number of aromatic nitrogens is 1. The number of unbranched alkanes of at least 4 members (excludes halogenated alkanes) is 1. The van der Waals surface area contributed by atoms with E-state index in [-0.39, 0.29) is 23.8 Å². The molecule has 3 aromatic rings. The third-order valence-electron chi connectivity index (χ3n) is 6.15. The highest BCUT2D eigenvalue weighted by atomic mass is 32.1. The predicted molar refractivity (Wildman–Crippen MR) is 150 cm³/mol. The summed E-state index contributed by atoms with van der Waals surface area (Å²) in [6.45, 7) is 8.61. The van der Waals surface area contributed by atoms with Crippen LogP contribution in [0.2, 0.25) is 0 Å². The molecule has 0 N–H and O–H groups in total. The Morgan fingerprint density at radius 1 is 1.18 bits per heavy atom. The molecule has 10 heteroatoms. The van der Waals surface area contributed by atoms with E-state index >= 15 is 0 Å². The van der Waals surface area contributed by atoms with E-state index in [1.54, 1.807) is 25.1 Å². The summed E-state index contributed by atoms with van der Waals surface area (Å²) >= 11 is 1.20. The summed E-state index contributed by atoms with van der Waals surface area (Å²) in [5.74, 6) is 0.348. The maximum atomic E-state index is 13.7. The SMILES string of the molecule is CCCCOc1ccc(C2C(C(=O)OCC(C)C)=C(C)N=c3sc(=Cc4ccc([N+](=O)[O-])cc4)c(=O)n32)cc1. The lowest BCUT2D eigenvalue weighted by Gasteiger charge is -2.25. The van der Waals surface area contributed by atoms with E-state index < -0.39 is 16.9 Å². The van der Waals surface area contributed by atoms with E-state index in [1.807, 2.05) is 38.1 Å². The fourth-order valence-electron chi connectivity index (χ4n) is 4.14. The normalized spacial score (nSPS) is 15.2. The van der Waals surface area contributed by atoms with Gasteiger partial charge in [-0.25, -0.2) is 9.79 Å². The highest BCUT2D eigenvalue weighted by Crippen LogP contribution is 2.32. The van der Waals surface area contributed by atoms with Crippen molar-refractivity contribution >= 4 is 29.1 Å². The molecule has 0 saturated heterocycles. The van der Waals surface area contributed by atoms with Crippen molar-refractivity contribution < 1.29 is 19.2 Å². The number of nitro groups is 1. The van der Waals surface area contributed by atoms with Gasteiger partial charge in [-0.1, -0.05) is 50.7 Å². The number of hydrogen-bond acceptors (Lipinski definition) is 8. The van der Waals surface area contributed by atoms with Gasteiger partial charge in [0.15, 0.2) is 4.80 Å². The van der Waals surface area contributed by atoms with Crippen molar-refractivity contribution in [3.63, 3.8) is 0 Å². The van der Waals surface area contributed by atoms with Gasteiger partial charge in [0.2, 0.25) is 0 Å². The van der Waals surface area contributed by atoms with Crippen LogP contribution in [0.4, 0.5) is 5.69 Å². The van der Waals surface area contributed by atoms with Gasteiger partial charge in [-0.15, -0.1) is 0 Å². The summed E-state index contributed by atoms with van der Waals surface area (Å²) in [5, 5.41) is 11.0. The lowest BCUT2D eigenvalue weighted by molar-refractivity contribution is -0.384. The molecule has 0 aliphatic carbocycles. The van der Waals surface area contributed by atoms with Crippen LogP contribution in [0.15, 0.2) is 69.6 Å². The van der Waals surface area contributed by atoms with Gasteiger partial charge in [-0.2, -0.15) is 0 Å². The monoisotopic (exact) mass is 549 g/mol. The molecule has 4 rings (SSSR count). The van der Waals surface area contributed by atoms with Crippen LogP contribution in [0.5, 0.6) is 5.75 Å². The molecule has 1 aliphatic rings. The predicted octanol–water partition coefficient (Wildman–Crippen LogP) is 4.52. The molecule has 0 radical (unpaired) electrons. The molecular weight excluding hydrogens is 518 g/mol. The number of benzene rings is 2. The minimum absolute atomic E-state index is 0.0316. The molecule has 39 heavy (non-hydrogen) atoms. The van der Waals surface area contributed by atoms with E-state index in [4.69, 9.17) is 9.47 Å². The van der Waals surface area contributed by atoms with Crippen molar-refractivity contribution in [3.05, 3.63) is 101 Å². The van der Waals surface area contributed by atoms with Crippen molar-refractivity contribution in [2.45, 2.75) is 46.6 Å². The number of carbonyl (C=O) groups excluding carboxylic acids is 1. The first-order valence-electron chi connectivity index (χ1n) is 12.9. The van der Waals surface area contributed by atoms with Crippen LogP contribution in [-0.2, 0) is 9.53 Å². The Hall–Kier alpha value is -4.05. The van der Waals surface area contributed by atoms with Gasteiger partial charge in [-0.3, -0.25) is 19.5 Å². The Kier molecular flexibility index (Phi) is 8.75. The molecule has 2 aromatic carbocycles. The standard InChI is InChI=1S/C29H31N3O6S/c1-5-6-15-37-23-13-9-21(10-14-23)26-25(28(34)38-17-18(2)3)19(4)30-29-31(26)27(33)24(39-29)16-20-7-11-22(12-8-20)32(35)36/h7-14,16,18,26H,5-6,15,17H2,1-4H3. The van der Waals surface area contributed by atoms with E-state index in [0.29, 0.717) is 38.5 Å². The number of ether oxygens (including phenoxy) is 2. The Balaban J connectivity index is 1.80. The average Bonchev–Trinajstić information content (AvgIpc) is 3.21. The number of nitro benzene ring substituents is 1. The zero-order valence-electron chi connectivity index (χ0n) is 22.4. The fraction of sp³-hybridized carbons (Fsp3) is 0.345. The van der Waals surface area contributed by atoms with Gasteiger partial charge in [-0.05, 0) is 60.7 Å². The van der Waals surface area contributed by atoms with Crippen molar-refractivity contribution in [1.29, 1.82) is 0 Å². The minimum atomic E-state index is -0.732. The topological polar surface area (TPSA) is 113 Å². The quantitative estimate of drug-likeness (QED) is 0.159. The van der Waals surface area contributed by atoms with Crippen molar-refractivity contribution in [2.24, 2.45) is 10.9 Å². The second-order valence-corrected chi connectivity index (χ2v) is 10.7. The van der Waals surface area contributed by atoms with Gasteiger partial charge < -0.3 is 9.47 Å². The number of allylic oxidation sites excluding steroid dienone is 1. The Morgan fingerprint density at radius 2 is 1.87 bits per heavy atom. The molecule has 1 unspecified atom stereocenters. The van der Waals surface area contributed by atoms with E-state index in [9.17, 15) is 19.7 Å². The van der Waals surface area contributed by atoms with Crippen molar-refractivity contribution in [3.8, 4) is 5.75 Å². The van der Waals surface area contributed by atoms with Crippen LogP contribution in [0, 0.1) is 16.0 Å². The van der Waals surface area contributed by atoms with Crippen LogP contribution in [-0.4, -0.2) is 28.7 Å². The largest absolute Gasteiger partial charge is 0.494 e. The van der Waals surface area contributed by atoms with E-state index in [0.717, 1.165) is 18.4 Å². The molecule has 0 bridgehead atoms. The molecule has 0 amide bonds. The number of nitrogens with zero attached hydrogens (tertiary/aromatic N) is 3. The summed E-state index contributed by atoms with van der Waals surface area (Å²) in [4.78, 5) is 42.6. The maximum absolute atomic E-state index is 13.7. The minimum Gasteiger partial charge on any atom is -0.494 e. The van der Waals surface area contributed by atoms with Crippen LogP contribution < -0.4 is 19.6 Å². The smallest absolute Gasteiger partial charge is 0.338 e. The molecule has 0 fully saturated rings. The van der Waals surface area contributed by atoms with E-state index in [1.165, 1.54) is 28.0 Å². The molecule has 9 nitrogen and oxygen atoms in total. The Labute approximate surface area is 229 Å². The first-order chi connectivity index (χ1) is 18.7. The number of esters is 1. The van der Waals surface area contributed by atoms with Gasteiger partial charge in [0.25, 0.3) is 11.2 Å². The second kappa shape index (κ2) is 12.2. The first kappa shape index (κ1) is 28.0. The number of non-ortho nitro benzene ring substituents is 1. The number of hydrogen-bond donors (Lipinski definition) is 0. The highest BCUT2D eigenvalue weighted by molar-refractivity contribution is 7.07. The summed E-state index contributed by atoms with van der Waals surface area (Å²) in [7, 11) is 0. The average molecular weight is 550 g/mol. The number of thiazole rings is 1. The fourth-order valence-corrected chi connectivity index (χ4v) is 5.19. The molecule has 204 valence electrons. The third kappa shape index (κ3) is 6.34. The summed E-state index contributed by atoms with van der Waals surface area (Å²) in [5.41, 5.74) is 1.82. The van der Waals surface area contributed by atoms with Gasteiger partial charge in [0.1, 0.15) is 5.75 Å². The van der Waals surface area contributed by atoms with Crippen LogP contribution in [0.3, 0.4) is 0 Å². The van der Waals surface area contributed by atoms with Gasteiger partial charge in [0.05, 0.1) is 40.0 Å². The highest BCUT2D eigenvalue weighted by Gasteiger charge is 2.33. The third-order valence-corrected chi connectivity index (χ3v) is 7.14. The zero-order valence-corrected chi connectivity index (χ0v) is 23.2. The molecule has 0 saturated carbocycles. The van der Waals surface area contributed by atoms with Crippen LogP contribution in [0.25, 0.3) is 6.08 Å². The molecule has 1 atom stereocenters. The summed E-state index contributed by atoms with van der Waals surface area (Å²) < 4.78 is 13.3. The molecule has 0 spiro atoms. The first-order valence-corrected chi connectivity index (χ1v) is 13.7. The van der Waals surface area contributed by atoms with Gasteiger partial charge >= 0.3 is 5.97 Å². The van der Waals surface area contributed by atoms with Crippen molar-refractivity contribution in [2.75, 3.05) is 13.2 Å². The number of rotatable bonds is 10. The molecule has 2 heterocycles. The van der Waals surface area contributed by atoms with Gasteiger partial charge in [0, 0.05) is 12.1 Å². The number of fused-ring (bicyclic) bond motifs is 1.